The highest BCUT2D eigenvalue weighted by molar-refractivity contribution is 6.30. The van der Waals surface area contributed by atoms with E-state index in [2.05, 4.69) is 35.9 Å². The summed E-state index contributed by atoms with van der Waals surface area (Å²) in [5.41, 5.74) is 2.74. The average Bonchev–Trinajstić information content (AvgIpc) is 3.18. The van der Waals surface area contributed by atoms with E-state index in [-0.39, 0.29) is 5.02 Å². The molecule has 4 rings (SSSR count). The van der Waals surface area contributed by atoms with Crippen LogP contribution in [0.1, 0.15) is 11.4 Å². The van der Waals surface area contributed by atoms with Crippen LogP contribution in [0.4, 0.5) is 10.3 Å². The normalized spacial score (nSPS) is 11.5. The third kappa shape index (κ3) is 4.48. The number of allylic oxidation sites excluding steroid dienone is 1. The van der Waals surface area contributed by atoms with Gasteiger partial charge in [-0.2, -0.15) is 9.61 Å². The largest absolute Gasteiger partial charge is 0.375 e. The Morgan fingerprint density at radius 3 is 2.90 bits per heavy atom. The standard InChI is InChI=1S/C20H17ClFN9/c1-24-17(4-6-23)28-20-25-7-5-16(27-20)13-10-19-30-29-18(31(19)26-11-13)9-12-2-3-15(22)14(21)8-12/h2-8,10-11,23-24H,9H2,1H3,(H,25,27,28)/b17-4+,23-6?. The maximum Gasteiger partial charge on any atom is 0.228 e. The summed E-state index contributed by atoms with van der Waals surface area (Å²) in [5, 5.41) is 26.0. The third-order valence-electron chi connectivity index (χ3n) is 4.39. The summed E-state index contributed by atoms with van der Waals surface area (Å²) in [6.07, 6.45) is 6.40. The maximum atomic E-state index is 13.4. The quantitative estimate of drug-likeness (QED) is 0.380. The van der Waals surface area contributed by atoms with E-state index in [1.54, 1.807) is 48.2 Å². The molecular weight excluding hydrogens is 421 g/mol. The zero-order valence-electron chi connectivity index (χ0n) is 16.3. The highest BCUT2D eigenvalue weighted by atomic mass is 35.5. The molecule has 0 bridgehead atoms. The first-order chi connectivity index (χ1) is 15.1. The van der Waals surface area contributed by atoms with E-state index in [1.807, 2.05) is 6.07 Å². The van der Waals surface area contributed by atoms with Gasteiger partial charge >= 0.3 is 0 Å². The molecule has 11 heteroatoms. The molecule has 9 nitrogen and oxygen atoms in total. The van der Waals surface area contributed by atoms with E-state index >= 15 is 0 Å². The summed E-state index contributed by atoms with van der Waals surface area (Å²) in [6.45, 7) is 0. The molecule has 0 unspecified atom stereocenters. The molecule has 0 atom stereocenters. The Hall–Kier alpha value is -3.92. The molecule has 0 aliphatic heterocycles. The molecule has 3 N–H and O–H groups in total. The van der Waals surface area contributed by atoms with Gasteiger partial charge in [-0.1, -0.05) is 17.7 Å². The van der Waals surface area contributed by atoms with Gasteiger partial charge in [0, 0.05) is 31.4 Å². The van der Waals surface area contributed by atoms with Gasteiger partial charge in [-0.15, -0.1) is 10.2 Å². The van der Waals surface area contributed by atoms with Gasteiger partial charge in [0.1, 0.15) is 11.6 Å². The van der Waals surface area contributed by atoms with E-state index in [0.717, 1.165) is 17.3 Å². The van der Waals surface area contributed by atoms with Crippen LogP contribution in [-0.2, 0) is 6.42 Å². The summed E-state index contributed by atoms with van der Waals surface area (Å²) < 4.78 is 15.0. The highest BCUT2D eigenvalue weighted by Gasteiger charge is 2.12. The van der Waals surface area contributed by atoms with Crippen molar-refractivity contribution in [1.29, 1.82) is 5.41 Å². The molecule has 156 valence electrons. The van der Waals surface area contributed by atoms with Gasteiger partial charge in [0.05, 0.1) is 16.9 Å². The molecule has 4 aromatic rings. The smallest absolute Gasteiger partial charge is 0.228 e. The molecule has 31 heavy (non-hydrogen) atoms. The average molecular weight is 438 g/mol. The minimum absolute atomic E-state index is 0.0617. The zero-order valence-corrected chi connectivity index (χ0v) is 17.1. The van der Waals surface area contributed by atoms with Crippen LogP contribution in [0.2, 0.25) is 5.02 Å². The van der Waals surface area contributed by atoms with Crippen LogP contribution in [0.15, 0.2) is 54.6 Å². The van der Waals surface area contributed by atoms with Crippen molar-refractivity contribution < 1.29 is 4.39 Å². The van der Waals surface area contributed by atoms with Crippen molar-refractivity contribution in [3.05, 3.63) is 76.9 Å². The fourth-order valence-corrected chi connectivity index (χ4v) is 3.09. The van der Waals surface area contributed by atoms with Crippen molar-refractivity contribution in [1.82, 2.24) is 35.1 Å². The van der Waals surface area contributed by atoms with E-state index in [9.17, 15) is 4.39 Å². The number of nitrogens with zero attached hydrogens (tertiary/aromatic N) is 6. The number of hydrogen-bond donors (Lipinski definition) is 3. The molecule has 0 spiro atoms. The van der Waals surface area contributed by atoms with Crippen LogP contribution >= 0.6 is 11.6 Å². The highest BCUT2D eigenvalue weighted by Crippen LogP contribution is 2.21. The predicted molar refractivity (Wildman–Crippen MR) is 116 cm³/mol. The molecule has 1 aromatic carbocycles. The fourth-order valence-electron chi connectivity index (χ4n) is 2.89. The van der Waals surface area contributed by atoms with Crippen LogP contribution in [0.5, 0.6) is 0 Å². The molecular formula is C20H17ClFN9. The van der Waals surface area contributed by atoms with Gasteiger partial charge in [0.2, 0.25) is 5.95 Å². The van der Waals surface area contributed by atoms with Crippen LogP contribution in [0.25, 0.3) is 16.9 Å². The molecule has 0 saturated heterocycles. The van der Waals surface area contributed by atoms with Crippen LogP contribution in [-0.4, -0.2) is 43.0 Å². The first kappa shape index (κ1) is 20.4. The van der Waals surface area contributed by atoms with Crippen molar-refractivity contribution in [2.45, 2.75) is 6.42 Å². The summed E-state index contributed by atoms with van der Waals surface area (Å²) in [5.74, 6) is 1.09. The lowest BCUT2D eigenvalue weighted by molar-refractivity contribution is 0.627. The molecule has 0 radical (unpaired) electrons. The van der Waals surface area contributed by atoms with Crippen molar-refractivity contribution >= 4 is 29.4 Å². The van der Waals surface area contributed by atoms with Gasteiger partial charge in [0.15, 0.2) is 11.5 Å². The number of aromatic nitrogens is 6. The molecule has 0 aliphatic carbocycles. The summed E-state index contributed by atoms with van der Waals surface area (Å²) in [7, 11) is 1.73. The maximum absolute atomic E-state index is 13.4. The summed E-state index contributed by atoms with van der Waals surface area (Å²) in [6, 6.07) is 8.12. The second-order valence-electron chi connectivity index (χ2n) is 6.44. The van der Waals surface area contributed by atoms with Gasteiger partial charge in [-0.25, -0.2) is 14.4 Å². The molecule has 0 aliphatic rings. The van der Waals surface area contributed by atoms with Crippen molar-refractivity contribution in [3.8, 4) is 11.3 Å². The van der Waals surface area contributed by atoms with Gasteiger partial charge in [-0.05, 0) is 35.9 Å². The lowest BCUT2D eigenvalue weighted by Crippen LogP contribution is -2.16. The Balaban J connectivity index is 1.60. The number of halogens is 2. The Labute approximate surface area is 181 Å². The third-order valence-corrected chi connectivity index (χ3v) is 4.68. The monoisotopic (exact) mass is 437 g/mol. The van der Waals surface area contributed by atoms with Gasteiger partial charge in [0.25, 0.3) is 0 Å². The number of nitrogens with one attached hydrogen (secondary N) is 3. The Morgan fingerprint density at radius 1 is 1.26 bits per heavy atom. The van der Waals surface area contributed by atoms with E-state index in [0.29, 0.717) is 35.4 Å². The van der Waals surface area contributed by atoms with Gasteiger partial charge < -0.3 is 16.0 Å². The fraction of sp³-hybridized carbons (Fsp3) is 0.100. The lowest BCUT2D eigenvalue weighted by atomic mass is 10.1. The van der Waals surface area contributed by atoms with Crippen LogP contribution < -0.4 is 10.6 Å². The summed E-state index contributed by atoms with van der Waals surface area (Å²) in [4.78, 5) is 8.68. The number of anilines is 1. The second-order valence-corrected chi connectivity index (χ2v) is 6.85. The zero-order chi connectivity index (χ0) is 21.8. The molecule has 3 aromatic heterocycles. The first-order valence-corrected chi connectivity index (χ1v) is 9.58. The van der Waals surface area contributed by atoms with Crippen molar-refractivity contribution in [2.24, 2.45) is 0 Å². The Bertz CT molecular complexity index is 1280. The van der Waals surface area contributed by atoms with E-state index in [4.69, 9.17) is 17.0 Å². The first-order valence-electron chi connectivity index (χ1n) is 9.20. The molecule has 0 saturated carbocycles. The topological polar surface area (TPSA) is 117 Å². The predicted octanol–water partition coefficient (Wildman–Crippen LogP) is 3.09. The van der Waals surface area contributed by atoms with Crippen LogP contribution in [0.3, 0.4) is 0 Å². The van der Waals surface area contributed by atoms with E-state index < -0.39 is 5.82 Å². The van der Waals surface area contributed by atoms with Crippen molar-refractivity contribution in [2.75, 3.05) is 12.4 Å². The molecule has 0 amide bonds. The van der Waals surface area contributed by atoms with Crippen molar-refractivity contribution in [3.63, 3.8) is 0 Å². The Morgan fingerprint density at radius 2 is 2.13 bits per heavy atom. The number of rotatable bonds is 7. The van der Waals surface area contributed by atoms with Gasteiger partial charge in [-0.3, -0.25) is 0 Å². The number of benzene rings is 1. The number of fused-ring (bicyclic) bond motifs is 1. The number of hydrogen-bond acceptors (Lipinski definition) is 8. The lowest BCUT2D eigenvalue weighted by Gasteiger charge is -2.09. The molecule has 0 fully saturated rings. The summed E-state index contributed by atoms with van der Waals surface area (Å²) >= 11 is 5.86. The SMILES string of the molecule is CN/C(=C\C=N)Nc1nccc(-c2cnn3c(Cc4ccc(F)c(Cl)c4)nnc3c2)n1. The second kappa shape index (κ2) is 8.84. The van der Waals surface area contributed by atoms with Crippen LogP contribution in [0, 0.1) is 11.2 Å². The minimum Gasteiger partial charge on any atom is -0.375 e. The minimum atomic E-state index is -0.465. The molecule has 3 heterocycles. The Kier molecular flexibility index (Phi) is 5.80. The van der Waals surface area contributed by atoms with E-state index in [1.165, 1.54) is 6.07 Å².